The van der Waals surface area contributed by atoms with Crippen LogP contribution in [0.4, 0.5) is 0 Å². The van der Waals surface area contributed by atoms with Crippen molar-refractivity contribution in [2.75, 3.05) is 0 Å². The van der Waals surface area contributed by atoms with E-state index in [1.54, 1.807) is 0 Å². The molecule has 1 saturated carbocycles. The lowest BCUT2D eigenvalue weighted by atomic mass is 9.63. The molecule has 0 unspecified atom stereocenters. The fourth-order valence-electron chi connectivity index (χ4n) is 3.93. The molecule has 2 fully saturated rings. The minimum Gasteiger partial charge on any atom is -0.508 e. The predicted octanol–water partition coefficient (Wildman–Crippen LogP) is 1.63. The molecule has 1 aromatic carbocycles. The number of carbonyl (C=O) groups is 2. The zero-order valence-corrected chi connectivity index (χ0v) is 12.3. The van der Waals surface area contributed by atoms with Gasteiger partial charge in [-0.05, 0) is 36.8 Å². The molecule has 118 valence electrons. The summed E-state index contributed by atoms with van der Waals surface area (Å²) in [6, 6.07) is 4.05. The first-order valence-electron chi connectivity index (χ1n) is 7.68. The van der Waals surface area contributed by atoms with Crippen molar-refractivity contribution in [3.8, 4) is 11.5 Å². The van der Waals surface area contributed by atoms with E-state index in [1.165, 1.54) is 24.4 Å². The monoisotopic (exact) mass is 312 g/mol. The van der Waals surface area contributed by atoms with Gasteiger partial charge in [-0.25, -0.2) is 0 Å². The normalized spacial score (nSPS) is 32.1. The fraction of sp³-hybridized carbons (Fsp3) is 0.353. The molecule has 4 atom stereocenters. The molecule has 0 aromatic heterocycles. The third-order valence-electron chi connectivity index (χ3n) is 5.06. The summed E-state index contributed by atoms with van der Waals surface area (Å²) in [5, 5.41) is 24.0. The second kappa shape index (κ2) is 4.94. The fourth-order valence-corrected chi connectivity index (χ4v) is 3.93. The van der Waals surface area contributed by atoms with Gasteiger partial charge in [-0.3, -0.25) is 9.59 Å². The second-order valence-electron chi connectivity index (χ2n) is 6.32. The van der Waals surface area contributed by atoms with Crippen LogP contribution in [0.1, 0.15) is 18.4 Å². The molecule has 1 heterocycles. The summed E-state index contributed by atoms with van der Waals surface area (Å²) in [4.78, 5) is 25.1. The van der Waals surface area contributed by atoms with Crippen molar-refractivity contribution in [2.24, 2.45) is 28.8 Å². The molecule has 6 nitrogen and oxygen atoms in total. The van der Waals surface area contributed by atoms with Gasteiger partial charge in [0.05, 0.1) is 18.1 Å². The van der Waals surface area contributed by atoms with Crippen LogP contribution >= 0.6 is 0 Å². The zero-order valence-electron chi connectivity index (χ0n) is 12.3. The van der Waals surface area contributed by atoms with Gasteiger partial charge >= 0.3 is 0 Å². The second-order valence-corrected chi connectivity index (χ2v) is 6.32. The lowest BCUT2D eigenvalue weighted by Gasteiger charge is -2.37. The third kappa shape index (κ3) is 2.05. The lowest BCUT2D eigenvalue weighted by Crippen LogP contribution is -2.38. The number of phenolic OH excluding ortho intramolecular Hbond substituents is 2. The molecule has 6 heteroatoms. The number of phenols is 2. The average molecular weight is 312 g/mol. The Balaban J connectivity index is 1.62. The molecule has 2 amide bonds. The minimum absolute atomic E-state index is 0.0679. The first-order chi connectivity index (χ1) is 11.1. The number of benzene rings is 1. The lowest BCUT2D eigenvalue weighted by molar-refractivity contribution is -0.140. The van der Waals surface area contributed by atoms with E-state index in [9.17, 15) is 19.8 Å². The molecule has 4 aliphatic rings. The van der Waals surface area contributed by atoms with Gasteiger partial charge in [-0.2, -0.15) is 10.1 Å². The van der Waals surface area contributed by atoms with Crippen molar-refractivity contribution in [3.05, 3.63) is 35.9 Å². The van der Waals surface area contributed by atoms with Crippen LogP contribution in [0.15, 0.2) is 35.5 Å². The Bertz CT molecular complexity index is 723. The van der Waals surface area contributed by atoms with Crippen LogP contribution in [-0.2, 0) is 9.59 Å². The van der Waals surface area contributed by atoms with Crippen molar-refractivity contribution >= 4 is 18.0 Å². The highest BCUT2D eigenvalue weighted by molar-refractivity contribution is 6.06. The van der Waals surface area contributed by atoms with E-state index in [4.69, 9.17) is 0 Å². The SMILES string of the molecule is O=C1[C@H]2[C@H](C(=O)N1/N=C\c1ccc(O)cc1O)[C@@H]1C=C[C@@H]2CC1. The topological polar surface area (TPSA) is 90.2 Å². The molecule has 23 heavy (non-hydrogen) atoms. The summed E-state index contributed by atoms with van der Waals surface area (Å²) in [7, 11) is 0. The van der Waals surface area contributed by atoms with E-state index in [2.05, 4.69) is 17.3 Å². The number of imide groups is 1. The van der Waals surface area contributed by atoms with E-state index < -0.39 is 0 Å². The van der Waals surface area contributed by atoms with Crippen molar-refractivity contribution in [2.45, 2.75) is 12.8 Å². The maximum Gasteiger partial charge on any atom is 0.254 e. The highest BCUT2D eigenvalue weighted by Gasteiger charge is 2.56. The van der Waals surface area contributed by atoms with Crippen molar-refractivity contribution in [3.63, 3.8) is 0 Å². The number of hydrogen-bond acceptors (Lipinski definition) is 5. The number of hydrazone groups is 1. The average Bonchev–Trinajstić information content (AvgIpc) is 2.82. The first kappa shape index (κ1) is 14.0. The summed E-state index contributed by atoms with van der Waals surface area (Å²) in [6.45, 7) is 0. The van der Waals surface area contributed by atoms with Crippen LogP contribution in [0.25, 0.3) is 0 Å². The summed E-state index contributed by atoms with van der Waals surface area (Å²) in [5.74, 6) is -1.07. The van der Waals surface area contributed by atoms with Crippen LogP contribution in [0.3, 0.4) is 0 Å². The third-order valence-corrected chi connectivity index (χ3v) is 5.06. The Morgan fingerprint density at radius 2 is 1.65 bits per heavy atom. The van der Waals surface area contributed by atoms with Crippen LogP contribution in [0.5, 0.6) is 11.5 Å². The van der Waals surface area contributed by atoms with Gasteiger partial charge in [0.1, 0.15) is 11.5 Å². The van der Waals surface area contributed by atoms with Gasteiger partial charge in [0.2, 0.25) is 0 Å². The molecule has 1 aromatic rings. The molecule has 2 N–H and O–H groups in total. The van der Waals surface area contributed by atoms with Crippen molar-refractivity contribution < 1.29 is 19.8 Å². The number of allylic oxidation sites excluding steroid dienone is 2. The van der Waals surface area contributed by atoms with Gasteiger partial charge in [0.25, 0.3) is 11.8 Å². The molecule has 1 saturated heterocycles. The van der Waals surface area contributed by atoms with E-state index in [0.717, 1.165) is 17.9 Å². The molecule has 0 radical (unpaired) electrons. The van der Waals surface area contributed by atoms with Crippen LogP contribution in [0.2, 0.25) is 0 Å². The number of fused-ring (bicyclic) bond motifs is 1. The number of carbonyl (C=O) groups excluding carboxylic acids is 2. The largest absolute Gasteiger partial charge is 0.508 e. The summed E-state index contributed by atoms with van der Waals surface area (Å²) in [5.41, 5.74) is 0.333. The Morgan fingerprint density at radius 1 is 1.04 bits per heavy atom. The van der Waals surface area contributed by atoms with E-state index >= 15 is 0 Å². The van der Waals surface area contributed by atoms with E-state index in [-0.39, 0.29) is 47.0 Å². The number of rotatable bonds is 2. The van der Waals surface area contributed by atoms with E-state index in [0.29, 0.717) is 5.56 Å². The first-order valence-corrected chi connectivity index (χ1v) is 7.68. The van der Waals surface area contributed by atoms with E-state index in [1.807, 2.05) is 0 Å². The minimum atomic E-state index is -0.295. The van der Waals surface area contributed by atoms with Crippen molar-refractivity contribution in [1.29, 1.82) is 0 Å². The Kier molecular flexibility index (Phi) is 3.01. The number of amides is 2. The van der Waals surface area contributed by atoms with Gasteiger partial charge in [0, 0.05) is 11.6 Å². The van der Waals surface area contributed by atoms with Crippen LogP contribution < -0.4 is 0 Å². The molecular weight excluding hydrogens is 296 g/mol. The molecule has 5 rings (SSSR count). The summed E-state index contributed by atoms with van der Waals surface area (Å²) in [6.07, 6.45) is 7.27. The van der Waals surface area contributed by atoms with Crippen molar-refractivity contribution in [1.82, 2.24) is 5.01 Å². The number of aromatic hydroxyl groups is 2. The highest BCUT2D eigenvalue weighted by Crippen LogP contribution is 2.49. The maximum absolute atomic E-state index is 12.6. The summed E-state index contributed by atoms with van der Waals surface area (Å²) >= 11 is 0. The highest BCUT2D eigenvalue weighted by atomic mass is 16.3. The molecular formula is C17H16N2O4. The predicted molar refractivity (Wildman–Crippen MR) is 81.6 cm³/mol. The standard InChI is InChI=1S/C17H16N2O4/c20-12-6-5-11(13(21)7-12)8-18-19-16(22)14-9-1-2-10(4-3-9)15(14)17(19)23/h1-2,5-10,14-15,20-21H,3-4H2/b18-8-/t9-,10-,14-,15-/m1/s1. The number of nitrogens with zero attached hydrogens (tertiary/aromatic N) is 2. The molecule has 2 bridgehead atoms. The molecule has 3 aliphatic carbocycles. The smallest absolute Gasteiger partial charge is 0.254 e. The molecule has 1 aliphatic heterocycles. The van der Waals surface area contributed by atoms with Crippen LogP contribution in [-0.4, -0.2) is 33.3 Å². The maximum atomic E-state index is 12.6. The van der Waals surface area contributed by atoms with Gasteiger partial charge in [0.15, 0.2) is 0 Å². The van der Waals surface area contributed by atoms with Crippen LogP contribution in [0, 0.1) is 23.7 Å². The van der Waals surface area contributed by atoms with Gasteiger partial charge in [-0.1, -0.05) is 12.2 Å². The molecule has 0 spiro atoms. The Morgan fingerprint density at radius 3 is 2.17 bits per heavy atom. The summed E-state index contributed by atoms with van der Waals surface area (Å²) < 4.78 is 0. The Hall–Kier alpha value is -2.63. The Labute approximate surface area is 132 Å². The number of hydrogen-bond donors (Lipinski definition) is 2. The van der Waals surface area contributed by atoms with Gasteiger partial charge in [-0.15, -0.1) is 0 Å². The quantitative estimate of drug-likeness (QED) is 0.493. The zero-order chi connectivity index (χ0) is 16.1. The van der Waals surface area contributed by atoms with Gasteiger partial charge < -0.3 is 10.2 Å².